The molecular weight excluding hydrogens is 232 g/mol. The first-order chi connectivity index (χ1) is 9.43. The molecule has 0 aliphatic heterocycles. The van der Waals surface area contributed by atoms with Gasteiger partial charge in [-0.05, 0) is 24.0 Å². The highest BCUT2D eigenvalue weighted by Gasteiger charge is 2.22. The quantitative estimate of drug-likeness (QED) is 0.694. The molecule has 1 aliphatic rings. The lowest BCUT2D eigenvalue weighted by Crippen LogP contribution is -2.02. The lowest BCUT2D eigenvalue weighted by atomic mass is 9.87. The van der Waals surface area contributed by atoms with Crippen LogP contribution in [0.4, 0.5) is 0 Å². The molecule has 1 aromatic heterocycles. The van der Waals surface area contributed by atoms with Crippen molar-refractivity contribution in [1.29, 1.82) is 0 Å². The maximum Gasteiger partial charge on any atom is 0.100 e. The minimum atomic E-state index is 1.05. The third kappa shape index (κ3) is 1.60. The van der Waals surface area contributed by atoms with E-state index in [1.807, 2.05) is 6.07 Å². The van der Waals surface area contributed by atoms with Gasteiger partial charge in [-0.25, -0.2) is 0 Å². The van der Waals surface area contributed by atoms with Crippen molar-refractivity contribution in [3.63, 3.8) is 0 Å². The van der Waals surface area contributed by atoms with Gasteiger partial charge in [0.05, 0.1) is 0 Å². The van der Waals surface area contributed by atoms with E-state index in [-0.39, 0.29) is 0 Å². The molecule has 0 radical (unpaired) electrons. The van der Waals surface area contributed by atoms with Crippen molar-refractivity contribution in [2.24, 2.45) is 0 Å². The van der Waals surface area contributed by atoms with Gasteiger partial charge in [-0.2, -0.15) is 5.10 Å². The van der Waals surface area contributed by atoms with E-state index in [4.69, 9.17) is 0 Å². The SMILES string of the molecule is c1ccc(-c2n[nH]c3c2-c2ccccc2CC3)cc1. The number of hydrogen-bond donors (Lipinski definition) is 1. The number of hydrogen-bond acceptors (Lipinski definition) is 1. The Morgan fingerprint density at radius 3 is 2.53 bits per heavy atom. The molecule has 0 spiro atoms. The second-order valence-corrected chi connectivity index (χ2v) is 4.95. The first kappa shape index (κ1) is 10.6. The smallest absolute Gasteiger partial charge is 0.100 e. The van der Waals surface area contributed by atoms with Crippen LogP contribution in [-0.4, -0.2) is 10.2 Å². The maximum absolute atomic E-state index is 4.54. The number of H-pyrrole nitrogens is 1. The van der Waals surface area contributed by atoms with Crippen LogP contribution >= 0.6 is 0 Å². The zero-order valence-electron chi connectivity index (χ0n) is 10.6. The Kier molecular flexibility index (Phi) is 2.27. The Labute approximate surface area is 112 Å². The summed E-state index contributed by atoms with van der Waals surface area (Å²) in [6.07, 6.45) is 2.14. The molecule has 0 fully saturated rings. The first-order valence-corrected chi connectivity index (χ1v) is 6.64. The van der Waals surface area contributed by atoms with Crippen LogP contribution in [0.5, 0.6) is 0 Å². The van der Waals surface area contributed by atoms with Crippen LogP contribution in [0.15, 0.2) is 54.6 Å². The summed E-state index contributed by atoms with van der Waals surface area (Å²) in [5, 5.41) is 7.76. The van der Waals surface area contributed by atoms with Crippen molar-refractivity contribution in [2.45, 2.75) is 12.8 Å². The summed E-state index contributed by atoms with van der Waals surface area (Å²) < 4.78 is 0. The topological polar surface area (TPSA) is 28.7 Å². The van der Waals surface area contributed by atoms with E-state index in [1.54, 1.807) is 0 Å². The molecule has 19 heavy (non-hydrogen) atoms. The van der Waals surface area contributed by atoms with Crippen molar-refractivity contribution in [3.8, 4) is 22.4 Å². The summed E-state index contributed by atoms with van der Waals surface area (Å²) in [7, 11) is 0. The average molecular weight is 246 g/mol. The van der Waals surface area contributed by atoms with Gasteiger partial charge >= 0.3 is 0 Å². The minimum Gasteiger partial charge on any atom is -0.281 e. The van der Waals surface area contributed by atoms with Crippen LogP contribution in [0.1, 0.15) is 11.3 Å². The molecule has 0 saturated carbocycles. The average Bonchev–Trinajstić information content (AvgIpc) is 2.92. The number of nitrogens with one attached hydrogen (secondary N) is 1. The molecule has 0 atom stereocenters. The summed E-state index contributed by atoms with van der Waals surface area (Å²) in [5.41, 5.74) is 7.55. The Hall–Kier alpha value is -2.35. The molecule has 2 heteroatoms. The summed E-state index contributed by atoms with van der Waals surface area (Å²) >= 11 is 0. The maximum atomic E-state index is 4.54. The largest absolute Gasteiger partial charge is 0.281 e. The predicted molar refractivity (Wildman–Crippen MR) is 76.9 cm³/mol. The standard InChI is InChI=1S/C17H14N2/c1-2-7-13(8-3-1)17-16-14-9-5-4-6-12(14)10-11-15(16)18-19-17/h1-9H,10-11H2,(H,18,19). The summed E-state index contributed by atoms with van der Waals surface area (Å²) in [4.78, 5) is 0. The van der Waals surface area contributed by atoms with Crippen LogP contribution < -0.4 is 0 Å². The molecule has 0 unspecified atom stereocenters. The van der Waals surface area contributed by atoms with Gasteiger partial charge in [-0.1, -0.05) is 54.6 Å². The summed E-state index contributed by atoms with van der Waals surface area (Å²) in [6.45, 7) is 0. The fourth-order valence-electron chi connectivity index (χ4n) is 2.90. The number of nitrogens with zero attached hydrogens (tertiary/aromatic N) is 1. The molecular formula is C17H14N2. The first-order valence-electron chi connectivity index (χ1n) is 6.64. The highest BCUT2D eigenvalue weighted by molar-refractivity contribution is 5.85. The Balaban J connectivity index is 1.97. The molecule has 1 aliphatic carbocycles. The highest BCUT2D eigenvalue weighted by atomic mass is 15.1. The van der Waals surface area contributed by atoms with Crippen LogP contribution in [0.3, 0.4) is 0 Å². The molecule has 4 rings (SSSR count). The molecule has 2 aromatic carbocycles. The van der Waals surface area contributed by atoms with E-state index in [1.165, 1.54) is 27.9 Å². The van der Waals surface area contributed by atoms with Gasteiger partial charge in [0.25, 0.3) is 0 Å². The highest BCUT2D eigenvalue weighted by Crippen LogP contribution is 2.38. The number of aryl methyl sites for hydroxylation is 2. The van der Waals surface area contributed by atoms with Crippen molar-refractivity contribution in [2.75, 3.05) is 0 Å². The third-order valence-electron chi connectivity index (χ3n) is 3.82. The van der Waals surface area contributed by atoms with E-state index in [0.717, 1.165) is 18.5 Å². The van der Waals surface area contributed by atoms with Gasteiger partial charge in [0.1, 0.15) is 5.69 Å². The molecule has 0 saturated heterocycles. The molecule has 1 heterocycles. The number of benzene rings is 2. The van der Waals surface area contributed by atoms with E-state index < -0.39 is 0 Å². The van der Waals surface area contributed by atoms with E-state index in [9.17, 15) is 0 Å². The van der Waals surface area contributed by atoms with E-state index in [0.29, 0.717) is 0 Å². The Bertz CT molecular complexity index is 726. The molecule has 0 amide bonds. The van der Waals surface area contributed by atoms with Gasteiger partial charge in [0.2, 0.25) is 0 Å². The molecule has 2 nitrogen and oxygen atoms in total. The van der Waals surface area contributed by atoms with Gasteiger partial charge in [-0.3, -0.25) is 5.10 Å². The fourth-order valence-corrected chi connectivity index (χ4v) is 2.90. The zero-order valence-corrected chi connectivity index (χ0v) is 10.6. The lowest BCUT2D eigenvalue weighted by molar-refractivity contribution is 0.882. The minimum absolute atomic E-state index is 1.05. The fraction of sp³-hybridized carbons (Fsp3) is 0.118. The van der Waals surface area contributed by atoms with Crippen LogP contribution in [0.25, 0.3) is 22.4 Å². The van der Waals surface area contributed by atoms with Gasteiger partial charge < -0.3 is 0 Å². The summed E-state index contributed by atoms with van der Waals surface area (Å²) in [5.74, 6) is 0. The normalized spacial score (nSPS) is 12.8. The van der Waals surface area contributed by atoms with E-state index >= 15 is 0 Å². The predicted octanol–water partition coefficient (Wildman–Crippen LogP) is 3.84. The van der Waals surface area contributed by atoms with Crippen LogP contribution in [0.2, 0.25) is 0 Å². The van der Waals surface area contributed by atoms with Gasteiger partial charge in [0.15, 0.2) is 0 Å². The number of fused-ring (bicyclic) bond motifs is 3. The van der Waals surface area contributed by atoms with Crippen molar-refractivity contribution >= 4 is 0 Å². The van der Waals surface area contributed by atoms with Gasteiger partial charge in [0, 0.05) is 16.8 Å². The Morgan fingerprint density at radius 2 is 1.63 bits per heavy atom. The molecule has 0 bridgehead atoms. The van der Waals surface area contributed by atoms with Crippen LogP contribution in [0, 0.1) is 0 Å². The molecule has 1 N–H and O–H groups in total. The number of aromatic nitrogens is 2. The van der Waals surface area contributed by atoms with E-state index in [2.05, 4.69) is 58.7 Å². The second kappa shape index (κ2) is 4.09. The number of rotatable bonds is 1. The summed E-state index contributed by atoms with van der Waals surface area (Å²) in [6, 6.07) is 19.0. The zero-order chi connectivity index (χ0) is 12.7. The number of aromatic amines is 1. The van der Waals surface area contributed by atoms with Gasteiger partial charge in [-0.15, -0.1) is 0 Å². The van der Waals surface area contributed by atoms with Crippen LogP contribution in [-0.2, 0) is 12.8 Å². The monoisotopic (exact) mass is 246 g/mol. The second-order valence-electron chi connectivity index (χ2n) is 4.95. The van der Waals surface area contributed by atoms with Crippen molar-refractivity contribution < 1.29 is 0 Å². The molecule has 92 valence electrons. The third-order valence-corrected chi connectivity index (χ3v) is 3.82. The Morgan fingerprint density at radius 1 is 0.842 bits per heavy atom. The lowest BCUT2D eigenvalue weighted by Gasteiger charge is -2.16. The molecule has 3 aromatic rings. The van der Waals surface area contributed by atoms with Crippen molar-refractivity contribution in [3.05, 3.63) is 65.9 Å². The van der Waals surface area contributed by atoms with Crippen molar-refractivity contribution in [1.82, 2.24) is 10.2 Å².